The summed E-state index contributed by atoms with van der Waals surface area (Å²) in [5.41, 5.74) is -2.90. The van der Waals surface area contributed by atoms with Gasteiger partial charge in [-0.3, -0.25) is 0 Å². The summed E-state index contributed by atoms with van der Waals surface area (Å²) in [6, 6.07) is 3.91. The van der Waals surface area contributed by atoms with Crippen LogP contribution in [0, 0.1) is 6.07 Å². The van der Waals surface area contributed by atoms with Crippen molar-refractivity contribution >= 4 is 5.95 Å². The first kappa shape index (κ1) is 16.1. The highest BCUT2D eigenvalue weighted by Crippen LogP contribution is 2.36. The van der Waals surface area contributed by atoms with E-state index in [2.05, 4.69) is 21.4 Å². The molecule has 0 amide bonds. The second kappa shape index (κ2) is 5.82. The minimum atomic E-state index is -4.87. The Bertz CT molecular complexity index is 604. The Morgan fingerprint density at radius 3 is 1.82 bits per heavy atom. The Morgan fingerprint density at radius 1 is 0.864 bits per heavy atom. The highest BCUT2D eigenvalue weighted by molar-refractivity contribution is 5.36. The lowest BCUT2D eigenvalue weighted by Crippen LogP contribution is -2.13. The van der Waals surface area contributed by atoms with Crippen molar-refractivity contribution in [3.05, 3.63) is 53.3 Å². The number of hydrogen-bond donors (Lipinski definition) is 1. The van der Waals surface area contributed by atoms with Gasteiger partial charge in [-0.05, 0) is 23.8 Å². The summed E-state index contributed by atoms with van der Waals surface area (Å²) in [5.74, 6) is 0.0738. The van der Waals surface area contributed by atoms with Gasteiger partial charge in [-0.15, -0.1) is 0 Å². The number of aromatic nitrogens is 2. The molecule has 1 N–H and O–H groups in total. The molecule has 0 bridgehead atoms. The number of nitrogens with zero attached hydrogens (tertiary/aromatic N) is 2. The smallest absolute Gasteiger partial charge is 0.350 e. The first-order valence-corrected chi connectivity index (χ1v) is 5.86. The lowest BCUT2D eigenvalue weighted by atomic mass is 10.0. The van der Waals surface area contributed by atoms with Crippen molar-refractivity contribution in [2.24, 2.45) is 0 Å². The molecule has 0 fully saturated rings. The third-order valence-electron chi connectivity index (χ3n) is 2.62. The van der Waals surface area contributed by atoms with Gasteiger partial charge in [0.05, 0.1) is 11.1 Å². The van der Waals surface area contributed by atoms with Crippen LogP contribution < -0.4 is 5.32 Å². The Balaban J connectivity index is 2.30. The van der Waals surface area contributed by atoms with Crippen molar-refractivity contribution in [1.29, 1.82) is 0 Å². The number of rotatable bonds is 3. The summed E-state index contributed by atoms with van der Waals surface area (Å²) >= 11 is 0. The molecule has 0 aliphatic heterocycles. The molecular formula is C13H8F6N3. The van der Waals surface area contributed by atoms with E-state index in [1.165, 1.54) is 12.4 Å². The van der Waals surface area contributed by atoms with E-state index in [-0.39, 0.29) is 24.1 Å². The largest absolute Gasteiger partial charge is 0.416 e. The van der Waals surface area contributed by atoms with E-state index in [9.17, 15) is 26.3 Å². The summed E-state index contributed by atoms with van der Waals surface area (Å²) < 4.78 is 76.1. The minimum absolute atomic E-state index is 0.0738. The Morgan fingerprint density at radius 2 is 1.36 bits per heavy atom. The van der Waals surface area contributed by atoms with E-state index in [0.29, 0.717) is 12.1 Å². The van der Waals surface area contributed by atoms with Gasteiger partial charge in [-0.25, -0.2) is 9.97 Å². The second-order valence-corrected chi connectivity index (χ2v) is 4.27. The van der Waals surface area contributed by atoms with E-state index >= 15 is 0 Å². The molecule has 1 aromatic heterocycles. The Labute approximate surface area is 121 Å². The molecule has 3 nitrogen and oxygen atoms in total. The highest BCUT2D eigenvalue weighted by Gasteiger charge is 2.36. The summed E-state index contributed by atoms with van der Waals surface area (Å²) in [4.78, 5) is 7.43. The van der Waals surface area contributed by atoms with Crippen molar-refractivity contribution < 1.29 is 26.3 Å². The predicted octanol–water partition coefficient (Wildman–Crippen LogP) is 3.93. The van der Waals surface area contributed by atoms with Gasteiger partial charge < -0.3 is 5.32 Å². The molecule has 0 unspecified atom stereocenters. The summed E-state index contributed by atoms with van der Waals surface area (Å²) in [6.07, 6.45) is -7.20. The number of anilines is 1. The quantitative estimate of drug-likeness (QED) is 0.871. The number of halogens is 6. The fourth-order valence-corrected chi connectivity index (χ4v) is 1.66. The molecule has 1 radical (unpaired) electrons. The molecule has 0 aliphatic carbocycles. The number of nitrogens with one attached hydrogen (secondary N) is 1. The first-order valence-electron chi connectivity index (χ1n) is 5.86. The van der Waals surface area contributed by atoms with Gasteiger partial charge in [0.1, 0.15) is 0 Å². The monoisotopic (exact) mass is 320 g/mol. The van der Waals surface area contributed by atoms with Crippen LogP contribution in [-0.4, -0.2) is 9.97 Å². The van der Waals surface area contributed by atoms with Gasteiger partial charge in [-0.1, -0.05) is 0 Å². The normalized spacial score (nSPS) is 12.3. The van der Waals surface area contributed by atoms with Crippen LogP contribution >= 0.6 is 0 Å². The third-order valence-corrected chi connectivity index (χ3v) is 2.62. The van der Waals surface area contributed by atoms with Crippen LogP contribution in [0.4, 0.5) is 32.3 Å². The molecule has 2 aromatic rings. The van der Waals surface area contributed by atoms with Gasteiger partial charge >= 0.3 is 12.4 Å². The Kier molecular flexibility index (Phi) is 4.25. The van der Waals surface area contributed by atoms with Crippen molar-refractivity contribution in [1.82, 2.24) is 9.97 Å². The molecule has 22 heavy (non-hydrogen) atoms. The fourth-order valence-electron chi connectivity index (χ4n) is 1.66. The van der Waals surface area contributed by atoms with Crippen molar-refractivity contribution in [3.63, 3.8) is 0 Å². The minimum Gasteiger partial charge on any atom is -0.350 e. The van der Waals surface area contributed by atoms with E-state index in [4.69, 9.17) is 0 Å². The number of alkyl halides is 6. The van der Waals surface area contributed by atoms with Crippen molar-refractivity contribution in [2.45, 2.75) is 18.9 Å². The molecule has 1 aromatic carbocycles. The van der Waals surface area contributed by atoms with Crippen LogP contribution in [0.5, 0.6) is 0 Å². The van der Waals surface area contributed by atoms with Crippen molar-refractivity contribution in [3.8, 4) is 0 Å². The van der Waals surface area contributed by atoms with Gasteiger partial charge in [0, 0.05) is 25.0 Å². The van der Waals surface area contributed by atoms with Crippen LogP contribution in [-0.2, 0) is 18.9 Å². The lowest BCUT2D eigenvalue weighted by molar-refractivity contribution is -0.143. The van der Waals surface area contributed by atoms with Gasteiger partial charge in [0.2, 0.25) is 5.95 Å². The topological polar surface area (TPSA) is 37.8 Å². The maximum Gasteiger partial charge on any atom is 0.416 e. The molecule has 0 spiro atoms. The average molecular weight is 320 g/mol. The van der Waals surface area contributed by atoms with Gasteiger partial charge in [0.25, 0.3) is 0 Å². The predicted molar refractivity (Wildman–Crippen MR) is 64.6 cm³/mol. The van der Waals surface area contributed by atoms with E-state index < -0.39 is 23.5 Å². The molecule has 2 rings (SSSR count). The van der Waals surface area contributed by atoms with Crippen LogP contribution in [0.3, 0.4) is 0 Å². The zero-order chi connectivity index (χ0) is 16.4. The fraction of sp³-hybridized carbons (Fsp3) is 0.231. The maximum atomic E-state index is 12.7. The molecule has 9 heteroatoms. The molecule has 0 saturated heterocycles. The summed E-state index contributed by atoms with van der Waals surface area (Å²) in [7, 11) is 0. The lowest BCUT2D eigenvalue weighted by Gasteiger charge is -2.14. The first-order chi connectivity index (χ1) is 10.2. The van der Waals surface area contributed by atoms with E-state index in [1.54, 1.807) is 0 Å². The molecule has 1 heterocycles. The highest BCUT2D eigenvalue weighted by atomic mass is 19.4. The maximum absolute atomic E-state index is 12.7. The molecule has 0 aliphatic rings. The van der Waals surface area contributed by atoms with Crippen LogP contribution in [0.2, 0.25) is 0 Å². The van der Waals surface area contributed by atoms with Crippen LogP contribution in [0.15, 0.2) is 30.6 Å². The Hall–Kier alpha value is -2.32. The molecule has 117 valence electrons. The van der Waals surface area contributed by atoms with Gasteiger partial charge in [-0.2, -0.15) is 26.3 Å². The molecule has 0 saturated carbocycles. The molecular weight excluding hydrogens is 312 g/mol. The number of benzene rings is 1. The zero-order valence-corrected chi connectivity index (χ0v) is 10.8. The van der Waals surface area contributed by atoms with E-state index in [1.807, 2.05) is 0 Å². The molecule has 0 atom stereocenters. The second-order valence-electron chi connectivity index (χ2n) is 4.27. The standard InChI is InChI=1S/C13H8F6N3/c14-12(15,16)9-4-8(5-10(6-9)13(17,18)19)7-22-11-20-2-1-3-21-11/h2-6H,7H2,(H,20,21,22). The third kappa shape index (κ3) is 4.09. The van der Waals surface area contributed by atoms with Crippen LogP contribution in [0.25, 0.3) is 0 Å². The summed E-state index contributed by atoms with van der Waals surface area (Å²) in [5, 5.41) is 2.54. The van der Waals surface area contributed by atoms with E-state index in [0.717, 1.165) is 0 Å². The van der Waals surface area contributed by atoms with Crippen LogP contribution in [0.1, 0.15) is 16.7 Å². The SMILES string of the molecule is FC(F)(F)c1cc(CNc2nc[c]cn2)cc(C(F)(F)F)c1. The summed E-state index contributed by atoms with van der Waals surface area (Å²) in [6.45, 7) is -0.281. The van der Waals surface area contributed by atoms with Gasteiger partial charge in [0.15, 0.2) is 0 Å². The van der Waals surface area contributed by atoms with Crippen molar-refractivity contribution in [2.75, 3.05) is 5.32 Å². The zero-order valence-electron chi connectivity index (χ0n) is 10.8. The number of hydrogen-bond acceptors (Lipinski definition) is 3. The average Bonchev–Trinajstić information content (AvgIpc) is 2.44.